The molecule has 0 bridgehead atoms. The molecule has 1 amide bonds. The Morgan fingerprint density at radius 2 is 1.07 bits per heavy atom. The van der Waals surface area contributed by atoms with Gasteiger partial charge in [-0.25, -0.2) is 0 Å². The molecule has 0 saturated carbocycles. The summed E-state index contributed by atoms with van der Waals surface area (Å²) in [4.78, 5) is 12.3. The number of nitrogens with one attached hydrogen (secondary N) is 1. The molecular weight excluding hydrogens is 494 g/mol. The average Bonchev–Trinajstić information content (AvgIpc) is 2.94. The maximum absolute atomic E-state index is 12.3. The number of rotatable bonds is 31. The van der Waals surface area contributed by atoms with Crippen LogP contribution >= 0.6 is 0 Å². The molecule has 0 saturated heterocycles. The topological polar surface area (TPSA) is 69.6 Å². The fourth-order valence-electron chi connectivity index (χ4n) is 5.42. The van der Waals surface area contributed by atoms with Gasteiger partial charge in [0.05, 0.1) is 18.8 Å². The maximum atomic E-state index is 12.3. The SMILES string of the molecule is CCCCCCCCCCCCCCCCCCC(=O)N[C@@H](CO)[C@H](O)/C=C/CCCCCCCCCC(C)C. The number of allylic oxidation sites excluding steroid dienone is 1. The summed E-state index contributed by atoms with van der Waals surface area (Å²) in [5.74, 6) is 0.759. The van der Waals surface area contributed by atoms with Crippen LogP contribution in [-0.4, -0.2) is 34.9 Å². The summed E-state index contributed by atoms with van der Waals surface area (Å²) >= 11 is 0. The Kier molecular flexibility index (Phi) is 30.4. The molecule has 0 rings (SSSR count). The van der Waals surface area contributed by atoms with Gasteiger partial charge in [-0.05, 0) is 25.2 Å². The predicted molar refractivity (Wildman–Crippen MR) is 175 cm³/mol. The highest BCUT2D eigenvalue weighted by Gasteiger charge is 2.17. The van der Waals surface area contributed by atoms with Gasteiger partial charge in [-0.1, -0.05) is 174 Å². The minimum absolute atomic E-state index is 0.0646. The number of carbonyl (C=O) groups is 1. The van der Waals surface area contributed by atoms with Crippen LogP contribution in [0.1, 0.15) is 188 Å². The fraction of sp³-hybridized carbons (Fsp3) is 0.917. The Balaban J connectivity index is 3.60. The third kappa shape index (κ3) is 28.7. The third-order valence-corrected chi connectivity index (χ3v) is 8.20. The Morgan fingerprint density at radius 3 is 1.52 bits per heavy atom. The lowest BCUT2D eigenvalue weighted by Gasteiger charge is -2.20. The first-order valence-electron chi connectivity index (χ1n) is 17.8. The van der Waals surface area contributed by atoms with Crippen LogP contribution in [-0.2, 0) is 4.79 Å². The van der Waals surface area contributed by atoms with Crippen molar-refractivity contribution in [2.75, 3.05) is 6.61 Å². The van der Waals surface area contributed by atoms with E-state index in [1.165, 1.54) is 135 Å². The summed E-state index contributed by atoms with van der Waals surface area (Å²) in [6.07, 6.45) is 35.8. The normalized spacial score (nSPS) is 13.3. The molecule has 0 aliphatic rings. The Hall–Kier alpha value is -0.870. The lowest BCUT2D eigenvalue weighted by Crippen LogP contribution is -2.45. The molecule has 0 radical (unpaired) electrons. The van der Waals surface area contributed by atoms with Crippen molar-refractivity contribution in [3.05, 3.63) is 12.2 Å². The highest BCUT2D eigenvalue weighted by atomic mass is 16.3. The monoisotopic (exact) mass is 566 g/mol. The van der Waals surface area contributed by atoms with E-state index in [0.717, 1.165) is 31.6 Å². The quantitative estimate of drug-likeness (QED) is 0.0578. The van der Waals surface area contributed by atoms with Gasteiger partial charge in [0.25, 0.3) is 0 Å². The second-order valence-electron chi connectivity index (χ2n) is 12.8. The van der Waals surface area contributed by atoms with Gasteiger partial charge in [0.15, 0.2) is 0 Å². The standard InChI is InChI=1S/C36H71NO3/c1-4-5-6-7-8-9-10-11-12-13-14-15-19-22-25-28-31-36(40)37-34(32-38)35(39)30-27-24-21-18-16-17-20-23-26-29-33(2)3/h27,30,33-35,38-39H,4-26,28-29,31-32H2,1-3H3,(H,37,40)/b30-27+/t34-,35+/m0/s1. The molecule has 4 nitrogen and oxygen atoms in total. The van der Waals surface area contributed by atoms with Gasteiger partial charge < -0.3 is 15.5 Å². The van der Waals surface area contributed by atoms with Crippen molar-refractivity contribution >= 4 is 5.91 Å². The Bertz CT molecular complexity index is 548. The summed E-state index contributed by atoms with van der Waals surface area (Å²) in [6, 6.07) is -0.615. The highest BCUT2D eigenvalue weighted by Crippen LogP contribution is 2.15. The molecule has 0 aliphatic carbocycles. The molecule has 4 heteroatoms. The first-order chi connectivity index (χ1) is 19.5. The van der Waals surface area contributed by atoms with Gasteiger partial charge in [-0.15, -0.1) is 0 Å². The zero-order valence-electron chi connectivity index (χ0n) is 27.3. The number of carbonyl (C=O) groups excluding carboxylic acids is 1. The van der Waals surface area contributed by atoms with Crippen LogP contribution in [0.15, 0.2) is 12.2 Å². The van der Waals surface area contributed by atoms with Crippen LogP contribution in [0.2, 0.25) is 0 Å². The number of unbranched alkanes of at least 4 members (excludes halogenated alkanes) is 22. The van der Waals surface area contributed by atoms with Crippen molar-refractivity contribution in [1.29, 1.82) is 0 Å². The van der Waals surface area contributed by atoms with Gasteiger partial charge in [-0.3, -0.25) is 4.79 Å². The van der Waals surface area contributed by atoms with Crippen molar-refractivity contribution in [3.63, 3.8) is 0 Å². The molecule has 0 aromatic rings. The van der Waals surface area contributed by atoms with Crippen LogP contribution in [0.25, 0.3) is 0 Å². The molecule has 3 N–H and O–H groups in total. The molecule has 0 heterocycles. The fourth-order valence-corrected chi connectivity index (χ4v) is 5.42. The molecule has 0 fully saturated rings. The number of aliphatic hydroxyl groups excluding tert-OH is 2. The van der Waals surface area contributed by atoms with E-state index in [2.05, 4.69) is 26.1 Å². The second kappa shape index (κ2) is 31.1. The summed E-state index contributed by atoms with van der Waals surface area (Å²) in [5, 5.41) is 22.8. The van der Waals surface area contributed by atoms with Gasteiger partial charge in [0.2, 0.25) is 5.91 Å². The molecule has 238 valence electrons. The second-order valence-corrected chi connectivity index (χ2v) is 12.8. The van der Waals surface area contributed by atoms with Gasteiger partial charge in [0, 0.05) is 6.42 Å². The first kappa shape index (κ1) is 39.1. The molecule has 2 atom stereocenters. The number of hydrogen-bond donors (Lipinski definition) is 3. The van der Waals surface area contributed by atoms with E-state index in [0.29, 0.717) is 6.42 Å². The lowest BCUT2D eigenvalue weighted by molar-refractivity contribution is -0.123. The van der Waals surface area contributed by atoms with E-state index < -0.39 is 12.1 Å². The summed E-state index contributed by atoms with van der Waals surface area (Å²) in [7, 11) is 0. The Morgan fingerprint density at radius 1 is 0.650 bits per heavy atom. The van der Waals surface area contributed by atoms with Gasteiger partial charge in [-0.2, -0.15) is 0 Å². The van der Waals surface area contributed by atoms with Crippen LogP contribution in [0, 0.1) is 5.92 Å². The zero-order chi connectivity index (χ0) is 29.5. The minimum atomic E-state index is -0.833. The van der Waals surface area contributed by atoms with E-state index in [9.17, 15) is 15.0 Å². The minimum Gasteiger partial charge on any atom is -0.394 e. The van der Waals surface area contributed by atoms with E-state index >= 15 is 0 Å². The first-order valence-corrected chi connectivity index (χ1v) is 17.8. The predicted octanol–water partition coefficient (Wildman–Crippen LogP) is 10.2. The molecule has 0 unspecified atom stereocenters. The lowest BCUT2D eigenvalue weighted by atomic mass is 10.0. The highest BCUT2D eigenvalue weighted by molar-refractivity contribution is 5.76. The molecular formula is C36H71NO3. The van der Waals surface area contributed by atoms with Crippen LogP contribution in [0.4, 0.5) is 0 Å². The largest absolute Gasteiger partial charge is 0.394 e. The van der Waals surface area contributed by atoms with Crippen molar-refractivity contribution in [2.45, 2.75) is 200 Å². The zero-order valence-corrected chi connectivity index (χ0v) is 27.3. The molecule has 0 aromatic carbocycles. The van der Waals surface area contributed by atoms with Crippen molar-refractivity contribution < 1.29 is 15.0 Å². The molecule has 0 spiro atoms. The average molecular weight is 566 g/mol. The summed E-state index contributed by atoms with van der Waals surface area (Å²) < 4.78 is 0. The van der Waals surface area contributed by atoms with Crippen LogP contribution in [0.5, 0.6) is 0 Å². The van der Waals surface area contributed by atoms with Crippen molar-refractivity contribution in [1.82, 2.24) is 5.32 Å². The van der Waals surface area contributed by atoms with Crippen molar-refractivity contribution in [2.24, 2.45) is 5.92 Å². The summed E-state index contributed by atoms with van der Waals surface area (Å²) in [6.45, 7) is 6.62. The number of amides is 1. The van der Waals surface area contributed by atoms with Crippen molar-refractivity contribution in [3.8, 4) is 0 Å². The van der Waals surface area contributed by atoms with Crippen LogP contribution < -0.4 is 5.32 Å². The summed E-state index contributed by atoms with van der Waals surface area (Å²) in [5.41, 5.74) is 0. The van der Waals surface area contributed by atoms with Gasteiger partial charge >= 0.3 is 0 Å². The smallest absolute Gasteiger partial charge is 0.220 e. The van der Waals surface area contributed by atoms with E-state index in [4.69, 9.17) is 0 Å². The van der Waals surface area contributed by atoms with E-state index in [1.807, 2.05) is 6.08 Å². The number of hydrogen-bond acceptors (Lipinski definition) is 3. The van der Waals surface area contributed by atoms with E-state index in [1.54, 1.807) is 6.08 Å². The molecule has 40 heavy (non-hydrogen) atoms. The number of aliphatic hydroxyl groups is 2. The molecule has 0 aromatic heterocycles. The molecule has 0 aliphatic heterocycles. The maximum Gasteiger partial charge on any atom is 0.220 e. The van der Waals surface area contributed by atoms with Crippen LogP contribution in [0.3, 0.4) is 0 Å². The van der Waals surface area contributed by atoms with E-state index in [-0.39, 0.29) is 12.5 Å². The van der Waals surface area contributed by atoms with Gasteiger partial charge in [0.1, 0.15) is 0 Å². The third-order valence-electron chi connectivity index (χ3n) is 8.20. The Labute approximate surface area is 250 Å².